The number of anilines is 2. The molecule has 0 aliphatic heterocycles. The van der Waals surface area contributed by atoms with Crippen LogP contribution >= 0.6 is 11.7 Å². The second kappa shape index (κ2) is 8.88. The standard InChI is InChI=1S/C22H34N6OS/c1-21(2,3)13-24-16-8-7-15(26-19(16)23-6)14-9-10-22(4,5)18(11-14)27-20(29)17-12-25-30-28-17/h7-8,12,14,18,24H,9-11,13H2,1-6H3,(H,23,26)(H,27,29). The van der Waals surface area contributed by atoms with Crippen molar-refractivity contribution in [2.75, 3.05) is 24.2 Å². The summed E-state index contributed by atoms with van der Waals surface area (Å²) in [5.41, 5.74) is 2.70. The van der Waals surface area contributed by atoms with E-state index in [1.165, 1.54) is 6.20 Å². The third-order valence-corrected chi connectivity index (χ3v) is 6.36. The van der Waals surface area contributed by atoms with Crippen LogP contribution in [0.1, 0.15) is 76.0 Å². The van der Waals surface area contributed by atoms with Gasteiger partial charge in [-0.25, -0.2) is 4.98 Å². The lowest BCUT2D eigenvalue weighted by Crippen LogP contribution is -2.48. The first-order chi connectivity index (χ1) is 14.1. The van der Waals surface area contributed by atoms with E-state index < -0.39 is 0 Å². The first-order valence-electron chi connectivity index (χ1n) is 10.6. The molecular weight excluding hydrogens is 396 g/mol. The summed E-state index contributed by atoms with van der Waals surface area (Å²) in [7, 11) is 1.91. The van der Waals surface area contributed by atoms with E-state index in [0.29, 0.717) is 11.6 Å². The monoisotopic (exact) mass is 430 g/mol. The molecule has 0 aromatic carbocycles. The van der Waals surface area contributed by atoms with E-state index in [0.717, 1.165) is 54.7 Å². The minimum atomic E-state index is -0.145. The molecule has 0 bridgehead atoms. The maximum Gasteiger partial charge on any atom is 0.272 e. The van der Waals surface area contributed by atoms with Gasteiger partial charge in [0.15, 0.2) is 5.69 Å². The van der Waals surface area contributed by atoms with Crippen LogP contribution < -0.4 is 16.0 Å². The van der Waals surface area contributed by atoms with Gasteiger partial charge < -0.3 is 16.0 Å². The number of nitrogens with one attached hydrogen (secondary N) is 3. The summed E-state index contributed by atoms with van der Waals surface area (Å²) in [4.78, 5) is 17.5. The highest BCUT2D eigenvalue weighted by molar-refractivity contribution is 6.99. The Bertz CT molecular complexity index is 859. The number of hydrogen-bond donors (Lipinski definition) is 3. The molecule has 0 spiro atoms. The number of carbonyl (C=O) groups excluding carboxylic acids is 1. The van der Waals surface area contributed by atoms with Crippen molar-refractivity contribution in [1.29, 1.82) is 0 Å². The van der Waals surface area contributed by atoms with E-state index in [1.54, 1.807) is 0 Å². The Balaban J connectivity index is 1.74. The highest BCUT2D eigenvalue weighted by Crippen LogP contribution is 2.43. The van der Waals surface area contributed by atoms with Crippen molar-refractivity contribution in [3.8, 4) is 0 Å². The Morgan fingerprint density at radius 3 is 2.70 bits per heavy atom. The number of nitrogens with zero attached hydrogens (tertiary/aromatic N) is 3. The zero-order valence-electron chi connectivity index (χ0n) is 18.9. The quantitative estimate of drug-likeness (QED) is 0.624. The first kappa shape index (κ1) is 22.5. The molecule has 2 heterocycles. The van der Waals surface area contributed by atoms with E-state index in [1.807, 2.05) is 7.05 Å². The van der Waals surface area contributed by atoms with Gasteiger partial charge in [0, 0.05) is 31.2 Å². The summed E-state index contributed by atoms with van der Waals surface area (Å²) in [5, 5.41) is 9.93. The second-order valence-electron chi connectivity index (χ2n) is 10.1. The summed E-state index contributed by atoms with van der Waals surface area (Å²) < 4.78 is 8.00. The van der Waals surface area contributed by atoms with Crippen molar-refractivity contribution in [1.82, 2.24) is 19.0 Å². The number of aromatic nitrogens is 3. The number of hydrogen-bond acceptors (Lipinski definition) is 7. The molecule has 2 aromatic rings. The van der Waals surface area contributed by atoms with Gasteiger partial charge in [0.05, 0.1) is 23.6 Å². The van der Waals surface area contributed by atoms with Crippen LogP contribution in [-0.2, 0) is 0 Å². The Kier molecular flexibility index (Phi) is 6.65. The highest BCUT2D eigenvalue weighted by atomic mass is 32.1. The molecule has 164 valence electrons. The SMILES string of the molecule is CNc1nc(C2CCC(C)(C)C(NC(=O)c3cnsn3)C2)ccc1NCC(C)(C)C. The second-order valence-corrected chi connectivity index (χ2v) is 10.6. The zero-order chi connectivity index (χ0) is 21.9. The number of amides is 1. The molecule has 1 saturated carbocycles. The molecule has 1 amide bonds. The van der Waals surface area contributed by atoms with Crippen LogP contribution in [0.3, 0.4) is 0 Å². The van der Waals surface area contributed by atoms with Gasteiger partial charge in [0.2, 0.25) is 0 Å². The smallest absolute Gasteiger partial charge is 0.272 e. The van der Waals surface area contributed by atoms with Crippen LogP contribution in [-0.4, -0.2) is 39.3 Å². The molecular formula is C22H34N6OS. The van der Waals surface area contributed by atoms with Gasteiger partial charge in [-0.05, 0) is 42.2 Å². The minimum absolute atomic E-state index is 0.0235. The van der Waals surface area contributed by atoms with Crippen molar-refractivity contribution in [2.24, 2.45) is 10.8 Å². The Hall–Kier alpha value is -2.22. The van der Waals surface area contributed by atoms with Crippen molar-refractivity contribution >= 4 is 29.1 Å². The Morgan fingerprint density at radius 2 is 2.07 bits per heavy atom. The van der Waals surface area contributed by atoms with Gasteiger partial charge in [0.1, 0.15) is 5.82 Å². The summed E-state index contributed by atoms with van der Waals surface area (Å²) in [6.07, 6.45) is 4.47. The predicted octanol–water partition coefficient (Wildman–Crippen LogP) is 4.53. The molecule has 1 fully saturated rings. The number of carbonyl (C=O) groups is 1. The molecule has 2 aromatic heterocycles. The Morgan fingerprint density at radius 1 is 1.30 bits per heavy atom. The summed E-state index contributed by atoms with van der Waals surface area (Å²) in [6.45, 7) is 11.9. The molecule has 1 aliphatic rings. The van der Waals surface area contributed by atoms with Crippen LogP contribution in [0.2, 0.25) is 0 Å². The fourth-order valence-corrected chi connectivity index (χ4v) is 4.27. The third-order valence-electron chi connectivity index (χ3n) is 5.88. The third kappa shape index (κ3) is 5.47. The molecule has 7 nitrogen and oxygen atoms in total. The lowest BCUT2D eigenvalue weighted by molar-refractivity contribution is 0.0832. The summed E-state index contributed by atoms with van der Waals surface area (Å²) >= 11 is 1.05. The maximum atomic E-state index is 12.6. The molecule has 2 atom stereocenters. The zero-order valence-corrected chi connectivity index (χ0v) is 19.7. The topological polar surface area (TPSA) is 91.8 Å². The molecule has 3 N–H and O–H groups in total. The van der Waals surface area contributed by atoms with E-state index in [-0.39, 0.29) is 22.8 Å². The predicted molar refractivity (Wildman–Crippen MR) is 123 cm³/mol. The summed E-state index contributed by atoms with van der Waals surface area (Å²) in [6, 6.07) is 4.30. The molecule has 0 saturated heterocycles. The van der Waals surface area contributed by atoms with Crippen LogP contribution in [0, 0.1) is 10.8 Å². The Labute approximate surface area is 183 Å². The van der Waals surface area contributed by atoms with Gasteiger partial charge in [-0.3, -0.25) is 4.79 Å². The van der Waals surface area contributed by atoms with Crippen LogP contribution in [0.15, 0.2) is 18.3 Å². The van der Waals surface area contributed by atoms with Crippen molar-refractivity contribution in [3.05, 3.63) is 29.7 Å². The van der Waals surface area contributed by atoms with Crippen molar-refractivity contribution in [2.45, 2.75) is 65.8 Å². The van der Waals surface area contributed by atoms with Gasteiger partial charge in [0.25, 0.3) is 5.91 Å². The fourth-order valence-electron chi connectivity index (χ4n) is 3.86. The molecule has 8 heteroatoms. The molecule has 2 unspecified atom stereocenters. The van der Waals surface area contributed by atoms with Crippen LogP contribution in [0.25, 0.3) is 0 Å². The van der Waals surface area contributed by atoms with E-state index in [9.17, 15) is 4.79 Å². The largest absolute Gasteiger partial charge is 0.382 e. The lowest BCUT2D eigenvalue weighted by Gasteiger charge is -2.42. The minimum Gasteiger partial charge on any atom is -0.382 e. The lowest BCUT2D eigenvalue weighted by atomic mass is 9.68. The average Bonchev–Trinajstić information content (AvgIpc) is 3.22. The van der Waals surface area contributed by atoms with Crippen molar-refractivity contribution in [3.63, 3.8) is 0 Å². The van der Waals surface area contributed by atoms with Gasteiger partial charge >= 0.3 is 0 Å². The average molecular weight is 431 g/mol. The van der Waals surface area contributed by atoms with Gasteiger partial charge in [-0.2, -0.15) is 8.75 Å². The molecule has 3 rings (SSSR count). The number of rotatable bonds is 6. The van der Waals surface area contributed by atoms with Crippen molar-refractivity contribution < 1.29 is 4.79 Å². The van der Waals surface area contributed by atoms with E-state index in [2.05, 4.69) is 71.4 Å². The number of pyridine rings is 1. The first-order valence-corrected chi connectivity index (χ1v) is 11.3. The molecule has 0 radical (unpaired) electrons. The van der Waals surface area contributed by atoms with Crippen LogP contribution in [0.4, 0.5) is 11.5 Å². The van der Waals surface area contributed by atoms with Gasteiger partial charge in [-0.15, -0.1) is 0 Å². The fraction of sp³-hybridized carbons (Fsp3) is 0.636. The molecule has 30 heavy (non-hydrogen) atoms. The highest BCUT2D eigenvalue weighted by Gasteiger charge is 2.38. The normalized spacial score (nSPS) is 21.1. The van der Waals surface area contributed by atoms with E-state index >= 15 is 0 Å². The van der Waals surface area contributed by atoms with Crippen LogP contribution in [0.5, 0.6) is 0 Å². The van der Waals surface area contributed by atoms with Gasteiger partial charge in [-0.1, -0.05) is 34.6 Å². The summed E-state index contributed by atoms with van der Waals surface area (Å²) in [5.74, 6) is 1.03. The maximum absolute atomic E-state index is 12.6. The van der Waals surface area contributed by atoms with E-state index in [4.69, 9.17) is 4.98 Å². The molecule has 1 aliphatic carbocycles.